The number of nitro benzene ring substituents is 1. The van der Waals surface area contributed by atoms with E-state index >= 15 is 0 Å². The fraction of sp³-hybridized carbons (Fsp3) is 0.214. The number of hydrogen-bond donors (Lipinski definition) is 2. The molecule has 0 bridgehead atoms. The number of rotatable bonds is 4. The zero-order chi connectivity index (χ0) is 16.3. The number of benzene rings is 1. The van der Waals surface area contributed by atoms with Gasteiger partial charge in [-0.15, -0.1) is 0 Å². The molecule has 1 unspecified atom stereocenters. The van der Waals surface area contributed by atoms with Gasteiger partial charge in [0.2, 0.25) is 0 Å². The third kappa shape index (κ3) is 3.56. The molecule has 0 aliphatic carbocycles. The van der Waals surface area contributed by atoms with Crippen molar-refractivity contribution in [1.29, 1.82) is 0 Å². The molecular weight excluding hydrogens is 310 g/mol. The summed E-state index contributed by atoms with van der Waals surface area (Å²) in [5, 5.41) is 15.8. The largest absolute Gasteiger partial charge is 0.464 e. The predicted octanol–water partition coefficient (Wildman–Crippen LogP) is 4.03. The molecule has 22 heavy (non-hydrogen) atoms. The van der Waals surface area contributed by atoms with Crippen molar-refractivity contribution in [2.24, 2.45) is 0 Å². The van der Waals surface area contributed by atoms with Crippen LogP contribution < -0.4 is 10.6 Å². The van der Waals surface area contributed by atoms with E-state index in [4.69, 9.17) is 16.0 Å². The number of carbonyl (C=O) groups excluding carboxylic acids is 1. The summed E-state index contributed by atoms with van der Waals surface area (Å²) >= 11 is 5.90. The minimum absolute atomic E-state index is 0.121. The highest BCUT2D eigenvalue weighted by molar-refractivity contribution is 6.35. The fourth-order valence-corrected chi connectivity index (χ4v) is 2.11. The van der Waals surface area contributed by atoms with E-state index in [1.165, 1.54) is 18.2 Å². The van der Waals surface area contributed by atoms with Crippen molar-refractivity contribution >= 4 is 29.0 Å². The van der Waals surface area contributed by atoms with Crippen LogP contribution in [0, 0.1) is 17.0 Å². The van der Waals surface area contributed by atoms with Crippen LogP contribution in [-0.2, 0) is 0 Å². The van der Waals surface area contributed by atoms with Crippen molar-refractivity contribution in [3.05, 3.63) is 57.0 Å². The molecule has 0 fully saturated rings. The molecule has 0 aliphatic heterocycles. The number of aryl methyl sites for hydroxylation is 1. The van der Waals surface area contributed by atoms with Crippen molar-refractivity contribution in [1.82, 2.24) is 5.32 Å². The first-order chi connectivity index (χ1) is 10.4. The van der Waals surface area contributed by atoms with Crippen LogP contribution in [0.1, 0.15) is 24.5 Å². The van der Waals surface area contributed by atoms with Crippen molar-refractivity contribution in [2.45, 2.75) is 19.9 Å². The molecular formula is C14H14ClN3O4. The highest BCUT2D eigenvalue weighted by Crippen LogP contribution is 2.31. The van der Waals surface area contributed by atoms with Gasteiger partial charge in [-0.2, -0.15) is 0 Å². The minimum Gasteiger partial charge on any atom is -0.464 e. The Labute approximate surface area is 131 Å². The number of nitrogens with zero attached hydrogens (tertiary/aromatic N) is 1. The Morgan fingerprint density at radius 1 is 1.36 bits per heavy atom. The molecule has 0 radical (unpaired) electrons. The number of anilines is 1. The van der Waals surface area contributed by atoms with Gasteiger partial charge in [0.15, 0.2) is 0 Å². The lowest BCUT2D eigenvalue weighted by atomic mass is 10.2. The first-order valence-corrected chi connectivity index (χ1v) is 6.83. The number of halogens is 1. The monoisotopic (exact) mass is 323 g/mol. The van der Waals surface area contributed by atoms with E-state index in [1.807, 2.05) is 0 Å². The van der Waals surface area contributed by atoms with Gasteiger partial charge in [0.25, 0.3) is 5.69 Å². The van der Waals surface area contributed by atoms with Gasteiger partial charge < -0.3 is 15.1 Å². The van der Waals surface area contributed by atoms with Gasteiger partial charge in [0, 0.05) is 6.07 Å². The van der Waals surface area contributed by atoms with Crippen molar-refractivity contribution in [3.8, 4) is 0 Å². The molecule has 2 aromatic rings. The number of carbonyl (C=O) groups is 1. The maximum Gasteiger partial charge on any atom is 0.319 e. The summed E-state index contributed by atoms with van der Waals surface area (Å²) < 4.78 is 5.41. The normalized spacial score (nSPS) is 11.8. The molecule has 0 saturated carbocycles. The lowest BCUT2D eigenvalue weighted by Crippen LogP contribution is -2.31. The predicted molar refractivity (Wildman–Crippen MR) is 82.1 cm³/mol. The molecule has 0 aliphatic rings. The Morgan fingerprint density at radius 3 is 2.68 bits per heavy atom. The maximum atomic E-state index is 11.9. The minimum atomic E-state index is -0.611. The molecule has 1 atom stereocenters. The number of nitrogens with one attached hydrogen (secondary N) is 2. The van der Waals surface area contributed by atoms with Crippen LogP contribution in [0.2, 0.25) is 5.02 Å². The van der Waals surface area contributed by atoms with Gasteiger partial charge in [0.05, 0.1) is 16.7 Å². The van der Waals surface area contributed by atoms with E-state index in [0.717, 1.165) is 5.76 Å². The Kier molecular flexibility index (Phi) is 4.67. The van der Waals surface area contributed by atoms with Crippen molar-refractivity contribution in [3.63, 3.8) is 0 Å². The number of furan rings is 1. The van der Waals surface area contributed by atoms with E-state index in [9.17, 15) is 14.9 Å². The lowest BCUT2D eigenvalue weighted by molar-refractivity contribution is -0.384. The number of urea groups is 1. The standard InChI is InChI=1S/C14H14ClN3O4/c1-8-6-7-12(22-8)9(2)16-14(19)17-10-4-3-5-11(13(10)15)18(20)21/h3-7,9H,1-2H3,(H2,16,17,19). The maximum absolute atomic E-state index is 11.9. The van der Waals surface area contributed by atoms with E-state index in [1.54, 1.807) is 26.0 Å². The summed E-state index contributed by atoms with van der Waals surface area (Å²) in [4.78, 5) is 22.1. The van der Waals surface area contributed by atoms with Gasteiger partial charge in [0.1, 0.15) is 16.5 Å². The second-order valence-corrected chi connectivity index (χ2v) is 5.04. The Morgan fingerprint density at radius 2 is 2.09 bits per heavy atom. The fourth-order valence-electron chi connectivity index (χ4n) is 1.87. The summed E-state index contributed by atoms with van der Waals surface area (Å²) in [5.74, 6) is 1.35. The molecule has 0 spiro atoms. The molecule has 1 heterocycles. The third-order valence-electron chi connectivity index (χ3n) is 2.96. The number of nitro groups is 1. The quantitative estimate of drug-likeness (QED) is 0.655. The van der Waals surface area contributed by atoms with Crippen LogP contribution in [-0.4, -0.2) is 11.0 Å². The second kappa shape index (κ2) is 6.48. The van der Waals surface area contributed by atoms with E-state index in [-0.39, 0.29) is 22.4 Å². The summed E-state index contributed by atoms with van der Waals surface area (Å²) in [5.41, 5.74) is -0.106. The highest BCUT2D eigenvalue weighted by atomic mass is 35.5. The molecule has 8 heteroatoms. The van der Waals surface area contributed by atoms with Gasteiger partial charge in [-0.1, -0.05) is 17.7 Å². The van der Waals surface area contributed by atoms with Crippen LogP contribution in [0.15, 0.2) is 34.7 Å². The Balaban J connectivity index is 2.06. The average molecular weight is 324 g/mol. The van der Waals surface area contributed by atoms with Crippen LogP contribution in [0.4, 0.5) is 16.2 Å². The number of amides is 2. The summed E-state index contributed by atoms with van der Waals surface area (Å²) in [7, 11) is 0. The third-order valence-corrected chi connectivity index (χ3v) is 3.36. The first kappa shape index (κ1) is 15.8. The first-order valence-electron chi connectivity index (χ1n) is 6.45. The molecule has 1 aromatic carbocycles. The highest BCUT2D eigenvalue weighted by Gasteiger charge is 2.18. The Bertz CT molecular complexity index is 714. The SMILES string of the molecule is Cc1ccc(C(C)NC(=O)Nc2cccc([N+](=O)[O-])c2Cl)o1. The zero-order valence-electron chi connectivity index (χ0n) is 11.9. The lowest BCUT2D eigenvalue weighted by Gasteiger charge is -2.13. The Hall–Kier alpha value is -2.54. The van der Waals surface area contributed by atoms with Crippen LogP contribution in [0.3, 0.4) is 0 Å². The molecule has 116 valence electrons. The molecule has 2 N–H and O–H groups in total. The van der Waals surface area contributed by atoms with Gasteiger partial charge in [-0.3, -0.25) is 10.1 Å². The van der Waals surface area contributed by atoms with Gasteiger partial charge >= 0.3 is 6.03 Å². The molecule has 2 rings (SSSR count). The van der Waals surface area contributed by atoms with Crippen molar-refractivity contribution < 1.29 is 14.1 Å². The van der Waals surface area contributed by atoms with E-state index in [0.29, 0.717) is 5.76 Å². The molecule has 0 saturated heterocycles. The van der Waals surface area contributed by atoms with Gasteiger partial charge in [-0.05, 0) is 32.0 Å². The molecule has 2 amide bonds. The van der Waals surface area contributed by atoms with Crippen molar-refractivity contribution in [2.75, 3.05) is 5.32 Å². The molecule has 7 nitrogen and oxygen atoms in total. The van der Waals surface area contributed by atoms with E-state index < -0.39 is 11.0 Å². The number of hydrogen-bond acceptors (Lipinski definition) is 4. The van der Waals surface area contributed by atoms with E-state index in [2.05, 4.69) is 10.6 Å². The summed E-state index contributed by atoms with van der Waals surface area (Å²) in [6, 6.07) is 6.86. The van der Waals surface area contributed by atoms with Gasteiger partial charge in [-0.25, -0.2) is 4.79 Å². The zero-order valence-corrected chi connectivity index (χ0v) is 12.7. The summed E-state index contributed by atoms with van der Waals surface area (Å²) in [6.07, 6.45) is 0. The van der Waals surface area contributed by atoms with Crippen LogP contribution in [0.25, 0.3) is 0 Å². The van der Waals surface area contributed by atoms with Crippen LogP contribution in [0.5, 0.6) is 0 Å². The summed E-state index contributed by atoms with van der Waals surface area (Å²) in [6.45, 7) is 3.56. The van der Waals surface area contributed by atoms with Crippen LogP contribution >= 0.6 is 11.6 Å². The smallest absolute Gasteiger partial charge is 0.319 e. The topological polar surface area (TPSA) is 97.4 Å². The molecule has 1 aromatic heterocycles. The second-order valence-electron chi connectivity index (χ2n) is 4.66. The average Bonchev–Trinajstić information content (AvgIpc) is 2.87.